The number of nitrogens with zero attached hydrogens (tertiary/aromatic N) is 1. The summed E-state index contributed by atoms with van der Waals surface area (Å²) in [6.07, 6.45) is 0. The molecule has 0 saturated carbocycles. The van der Waals surface area contributed by atoms with Crippen LogP contribution in [0.25, 0.3) is 0 Å². The van der Waals surface area contributed by atoms with Crippen LogP contribution in [-0.4, -0.2) is 5.91 Å². The van der Waals surface area contributed by atoms with E-state index in [1.54, 1.807) is 6.07 Å². The van der Waals surface area contributed by atoms with E-state index in [2.05, 4.69) is 0 Å². The Kier molecular flexibility index (Phi) is 2.94. The maximum Gasteiger partial charge on any atom is 0.250 e. The van der Waals surface area contributed by atoms with Crippen molar-refractivity contribution in [3.8, 4) is 6.07 Å². The molecule has 0 aliphatic rings. The predicted octanol–water partition coefficient (Wildman–Crippen LogP) is 2.10. The van der Waals surface area contributed by atoms with Gasteiger partial charge in [0, 0.05) is 0 Å². The SMILES string of the molecule is N#Cc1c(Cl)c(F)cc(C(N)=O)c1Cl. The topological polar surface area (TPSA) is 66.9 Å². The molecule has 6 heteroatoms. The van der Waals surface area contributed by atoms with Crippen molar-refractivity contribution in [2.75, 3.05) is 0 Å². The first-order valence-corrected chi connectivity index (χ1v) is 4.12. The van der Waals surface area contributed by atoms with Gasteiger partial charge in [-0.2, -0.15) is 5.26 Å². The number of benzene rings is 1. The van der Waals surface area contributed by atoms with E-state index in [0.29, 0.717) is 0 Å². The molecule has 0 spiro atoms. The van der Waals surface area contributed by atoms with Crippen LogP contribution in [0.15, 0.2) is 6.07 Å². The highest BCUT2D eigenvalue weighted by atomic mass is 35.5. The molecule has 0 aliphatic heterocycles. The molecule has 0 aromatic heterocycles. The van der Waals surface area contributed by atoms with Crippen LogP contribution in [0.1, 0.15) is 15.9 Å². The minimum Gasteiger partial charge on any atom is -0.366 e. The minimum absolute atomic E-state index is 0.230. The molecule has 1 aromatic carbocycles. The van der Waals surface area contributed by atoms with E-state index >= 15 is 0 Å². The number of rotatable bonds is 1. The molecule has 0 heterocycles. The van der Waals surface area contributed by atoms with E-state index in [1.165, 1.54) is 0 Å². The van der Waals surface area contributed by atoms with Crippen molar-refractivity contribution in [1.29, 1.82) is 5.26 Å². The van der Waals surface area contributed by atoms with Crippen LogP contribution in [0.3, 0.4) is 0 Å². The lowest BCUT2D eigenvalue weighted by molar-refractivity contribution is 0.1000. The van der Waals surface area contributed by atoms with Gasteiger partial charge in [0.15, 0.2) is 0 Å². The van der Waals surface area contributed by atoms with Gasteiger partial charge in [0.25, 0.3) is 0 Å². The molecule has 14 heavy (non-hydrogen) atoms. The normalized spacial score (nSPS) is 9.57. The van der Waals surface area contributed by atoms with Gasteiger partial charge in [0.1, 0.15) is 11.9 Å². The average molecular weight is 233 g/mol. The largest absolute Gasteiger partial charge is 0.366 e. The number of nitrogens with two attached hydrogens (primary N) is 1. The third-order valence-electron chi connectivity index (χ3n) is 1.53. The Labute approximate surface area is 88.8 Å². The molecular weight excluding hydrogens is 230 g/mol. The molecule has 1 amide bonds. The first-order valence-electron chi connectivity index (χ1n) is 3.36. The predicted molar refractivity (Wildman–Crippen MR) is 49.7 cm³/mol. The van der Waals surface area contributed by atoms with Crippen LogP contribution in [0.4, 0.5) is 4.39 Å². The van der Waals surface area contributed by atoms with E-state index in [0.717, 1.165) is 6.07 Å². The zero-order chi connectivity index (χ0) is 10.9. The van der Waals surface area contributed by atoms with Gasteiger partial charge < -0.3 is 5.73 Å². The number of nitriles is 1. The Hall–Kier alpha value is -1.31. The number of hydrogen-bond acceptors (Lipinski definition) is 2. The van der Waals surface area contributed by atoms with E-state index in [-0.39, 0.29) is 16.1 Å². The van der Waals surface area contributed by atoms with Gasteiger partial charge in [0.2, 0.25) is 5.91 Å². The monoisotopic (exact) mass is 232 g/mol. The first kappa shape index (κ1) is 10.8. The van der Waals surface area contributed by atoms with Crippen LogP contribution in [-0.2, 0) is 0 Å². The average Bonchev–Trinajstić information content (AvgIpc) is 2.12. The molecule has 1 rings (SSSR count). The molecule has 72 valence electrons. The van der Waals surface area contributed by atoms with Crippen molar-refractivity contribution in [2.45, 2.75) is 0 Å². The van der Waals surface area contributed by atoms with Crippen molar-refractivity contribution < 1.29 is 9.18 Å². The molecule has 0 saturated heterocycles. The van der Waals surface area contributed by atoms with E-state index in [1.807, 2.05) is 0 Å². The third kappa shape index (κ3) is 1.65. The summed E-state index contributed by atoms with van der Waals surface area (Å²) in [7, 11) is 0. The second kappa shape index (κ2) is 3.82. The van der Waals surface area contributed by atoms with E-state index < -0.39 is 16.7 Å². The van der Waals surface area contributed by atoms with Gasteiger partial charge in [-0.3, -0.25) is 4.79 Å². The van der Waals surface area contributed by atoms with Crippen molar-refractivity contribution in [1.82, 2.24) is 0 Å². The summed E-state index contributed by atoms with van der Waals surface area (Å²) in [6, 6.07) is 2.39. The van der Waals surface area contributed by atoms with Crippen molar-refractivity contribution >= 4 is 29.1 Å². The third-order valence-corrected chi connectivity index (χ3v) is 2.30. The number of amides is 1. The fourth-order valence-electron chi connectivity index (χ4n) is 0.881. The summed E-state index contributed by atoms with van der Waals surface area (Å²) >= 11 is 11.0. The maximum absolute atomic E-state index is 13.0. The molecule has 0 bridgehead atoms. The summed E-state index contributed by atoms with van der Waals surface area (Å²) in [6.45, 7) is 0. The zero-order valence-corrected chi connectivity index (χ0v) is 8.16. The van der Waals surface area contributed by atoms with Gasteiger partial charge in [0.05, 0.1) is 21.2 Å². The van der Waals surface area contributed by atoms with Crippen molar-refractivity contribution in [3.63, 3.8) is 0 Å². The summed E-state index contributed by atoms with van der Waals surface area (Å²) in [4.78, 5) is 10.8. The molecular formula is C8H3Cl2FN2O. The second-order valence-corrected chi connectivity index (χ2v) is 3.14. The van der Waals surface area contributed by atoms with Gasteiger partial charge in [-0.15, -0.1) is 0 Å². The van der Waals surface area contributed by atoms with Gasteiger partial charge in [-0.05, 0) is 6.07 Å². The van der Waals surface area contributed by atoms with Crippen LogP contribution in [0.2, 0.25) is 10.0 Å². The molecule has 2 N–H and O–H groups in total. The van der Waals surface area contributed by atoms with Crippen molar-refractivity contribution in [2.24, 2.45) is 5.73 Å². The van der Waals surface area contributed by atoms with E-state index in [9.17, 15) is 9.18 Å². The standard InChI is InChI=1S/C8H3Cl2FN2O/c9-6-3(8(13)14)1-5(11)7(10)4(6)2-12/h1H,(H2,13,14). The number of primary amides is 1. The van der Waals surface area contributed by atoms with Crippen LogP contribution < -0.4 is 5.73 Å². The Balaban J connectivity index is 3.61. The number of hydrogen-bond donors (Lipinski definition) is 1. The Morgan fingerprint density at radius 3 is 2.50 bits per heavy atom. The quantitative estimate of drug-likeness (QED) is 0.754. The smallest absolute Gasteiger partial charge is 0.250 e. The first-order chi connectivity index (χ1) is 6.49. The molecule has 1 aromatic rings. The summed E-state index contributed by atoms with van der Waals surface area (Å²) in [5.74, 6) is -1.82. The Morgan fingerprint density at radius 1 is 1.50 bits per heavy atom. The molecule has 3 nitrogen and oxygen atoms in total. The number of halogens is 3. The fourth-order valence-corrected chi connectivity index (χ4v) is 1.41. The Bertz CT molecular complexity index is 454. The summed E-state index contributed by atoms with van der Waals surface area (Å²) < 4.78 is 13.0. The summed E-state index contributed by atoms with van der Waals surface area (Å²) in [5, 5.41) is 7.95. The minimum atomic E-state index is -0.915. The Morgan fingerprint density at radius 2 is 2.07 bits per heavy atom. The number of carbonyl (C=O) groups excluding carboxylic acids is 1. The van der Waals surface area contributed by atoms with Crippen LogP contribution in [0, 0.1) is 17.1 Å². The number of carbonyl (C=O) groups is 1. The van der Waals surface area contributed by atoms with Gasteiger partial charge in [-0.1, -0.05) is 23.2 Å². The molecule has 0 aliphatic carbocycles. The van der Waals surface area contributed by atoms with Gasteiger partial charge in [-0.25, -0.2) is 4.39 Å². The van der Waals surface area contributed by atoms with Crippen LogP contribution >= 0.6 is 23.2 Å². The highest BCUT2D eigenvalue weighted by molar-refractivity contribution is 6.38. The highest BCUT2D eigenvalue weighted by Crippen LogP contribution is 2.29. The lowest BCUT2D eigenvalue weighted by Crippen LogP contribution is -2.12. The molecule has 0 radical (unpaired) electrons. The molecule has 0 atom stereocenters. The summed E-state index contributed by atoms with van der Waals surface area (Å²) in [5.41, 5.74) is 4.37. The molecule has 0 fully saturated rings. The zero-order valence-electron chi connectivity index (χ0n) is 6.64. The van der Waals surface area contributed by atoms with Crippen LogP contribution in [0.5, 0.6) is 0 Å². The van der Waals surface area contributed by atoms with Gasteiger partial charge >= 0.3 is 0 Å². The maximum atomic E-state index is 13.0. The fraction of sp³-hybridized carbons (Fsp3) is 0. The second-order valence-electron chi connectivity index (χ2n) is 2.38. The molecule has 0 unspecified atom stereocenters. The van der Waals surface area contributed by atoms with E-state index in [4.69, 9.17) is 34.2 Å². The highest BCUT2D eigenvalue weighted by Gasteiger charge is 2.18. The lowest BCUT2D eigenvalue weighted by atomic mass is 10.1. The lowest BCUT2D eigenvalue weighted by Gasteiger charge is -2.04. The van der Waals surface area contributed by atoms with Crippen molar-refractivity contribution in [3.05, 3.63) is 33.1 Å².